The van der Waals surface area contributed by atoms with Gasteiger partial charge >= 0.3 is 0 Å². The predicted octanol–water partition coefficient (Wildman–Crippen LogP) is 5.97. The summed E-state index contributed by atoms with van der Waals surface area (Å²) in [5.74, 6) is 0.443. The highest BCUT2D eigenvalue weighted by molar-refractivity contribution is 5.84. The number of unbranched alkanes of at least 4 members (excludes halogenated alkanes) is 8. The molecule has 0 aromatic heterocycles. The Morgan fingerprint density at radius 2 is 1.28 bits per heavy atom. The molecule has 0 aromatic carbocycles. The van der Waals surface area contributed by atoms with Gasteiger partial charge in [-0.1, -0.05) is 79.1 Å². The Kier molecular flexibility index (Phi) is 17.4. The molecule has 25 heavy (non-hydrogen) atoms. The lowest BCUT2D eigenvalue weighted by Gasteiger charge is -2.20. The molecule has 0 spiro atoms. The number of rotatable bonds is 16. The maximum atomic E-state index is 12.0. The van der Waals surface area contributed by atoms with Crippen LogP contribution in [0.2, 0.25) is 0 Å². The topological polar surface area (TPSA) is 81.2 Å². The Balaban J connectivity index is 0. The van der Waals surface area contributed by atoms with Crippen LogP contribution >= 0.6 is 0 Å². The minimum Gasteiger partial charge on any atom is -0.356 e. The molecule has 4 nitrogen and oxygen atoms in total. The van der Waals surface area contributed by atoms with E-state index in [1.165, 1.54) is 44.9 Å². The van der Waals surface area contributed by atoms with E-state index < -0.39 is 0 Å². The summed E-state index contributed by atoms with van der Waals surface area (Å²) >= 11 is 0. The molecule has 150 valence electrons. The fourth-order valence-corrected chi connectivity index (χ4v) is 2.70. The smallest absolute Gasteiger partial charge is 0.219 e. The van der Waals surface area contributed by atoms with Crippen LogP contribution in [0.4, 0.5) is 0 Å². The highest BCUT2D eigenvalue weighted by Crippen LogP contribution is 2.23. The maximum Gasteiger partial charge on any atom is 0.219 e. The second-order valence-electron chi connectivity index (χ2n) is 7.69. The zero-order chi connectivity index (χ0) is 18.3. The van der Waals surface area contributed by atoms with Gasteiger partial charge in [0.1, 0.15) is 5.78 Å². The van der Waals surface area contributed by atoms with E-state index in [9.17, 15) is 9.59 Å². The molecule has 0 unspecified atom stereocenters. The highest BCUT2D eigenvalue weighted by atomic mass is 16.1. The number of amides is 1. The molecule has 0 bridgehead atoms. The molecule has 4 N–H and O–H groups in total. The van der Waals surface area contributed by atoms with E-state index in [1.54, 1.807) is 0 Å². The van der Waals surface area contributed by atoms with Gasteiger partial charge in [-0.2, -0.15) is 0 Å². The second kappa shape index (κ2) is 16.6. The molecule has 0 atom stereocenters. The third-order valence-corrected chi connectivity index (χ3v) is 5.05. The predicted molar refractivity (Wildman–Crippen MR) is 108 cm³/mol. The Morgan fingerprint density at radius 1 is 0.760 bits per heavy atom. The monoisotopic (exact) mass is 356 g/mol. The van der Waals surface area contributed by atoms with Gasteiger partial charge in [-0.15, -0.1) is 0 Å². The number of carbonyl (C=O) groups is 2. The van der Waals surface area contributed by atoms with Crippen molar-refractivity contribution in [3.8, 4) is 0 Å². The van der Waals surface area contributed by atoms with Gasteiger partial charge in [-0.25, -0.2) is 0 Å². The van der Waals surface area contributed by atoms with Crippen LogP contribution < -0.4 is 11.5 Å². The normalized spacial score (nSPS) is 11.0. The molecule has 0 saturated heterocycles. The third kappa shape index (κ3) is 15.1. The van der Waals surface area contributed by atoms with Crippen molar-refractivity contribution in [3.05, 3.63) is 0 Å². The number of hydrogen-bond acceptors (Lipinski definition) is 3. The second-order valence-corrected chi connectivity index (χ2v) is 7.69. The fraction of sp³-hybridized carbons (Fsp3) is 0.905. The van der Waals surface area contributed by atoms with Crippen LogP contribution in [0.3, 0.4) is 0 Å². The zero-order valence-corrected chi connectivity index (χ0v) is 17.4. The summed E-state index contributed by atoms with van der Waals surface area (Å²) in [6.45, 7) is 8.91. The molecule has 1 amide bonds. The van der Waals surface area contributed by atoms with Crippen LogP contribution in [0, 0.1) is 5.41 Å². The van der Waals surface area contributed by atoms with Crippen molar-refractivity contribution in [2.24, 2.45) is 5.41 Å². The summed E-state index contributed by atoms with van der Waals surface area (Å²) in [4.78, 5) is 23.7. The average molecular weight is 357 g/mol. The largest absolute Gasteiger partial charge is 0.356 e. The summed E-state index contributed by atoms with van der Waals surface area (Å²) < 4.78 is 0. The summed E-state index contributed by atoms with van der Waals surface area (Å²) in [5.41, 5.74) is -0.222. The van der Waals surface area contributed by atoms with E-state index in [0.29, 0.717) is 25.2 Å². The summed E-state index contributed by atoms with van der Waals surface area (Å²) in [5, 5.41) is 2.94. The number of Topliss-reactive ketones (excluding diaryl/α,β-unsaturated/α-hetero) is 1. The number of hydrogen-bond donors (Lipinski definition) is 2. The molecular formula is C21H44N2O2. The number of ketones is 1. The quantitative estimate of drug-likeness (QED) is 0.334. The van der Waals surface area contributed by atoms with Crippen molar-refractivity contribution in [2.75, 3.05) is 6.54 Å². The van der Waals surface area contributed by atoms with Crippen molar-refractivity contribution in [1.82, 2.24) is 11.5 Å². The molecule has 4 heteroatoms. The van der Waals surface area contributed by atoms with Crippen molar-refractivity contribution in [1.29, 1.82) is 0 Å². The molecule has 0 fully saturated rings. The first kappa shape index (κ1) is 26.3. The van der Waals surface area contributed by atoms with Gasteiger partial charge in [-0.05, 0) is 19.3 Å². The summed E-state index contributed by atoms with van der Waals surface area (Å²) in [6, 6.07) is 0. The maximum absolute atomic E-state index is 12.0. The Morgan fingerprint density at radius 3 is 1.80 bits per heavy atom. The zero-order valence-electron chi connectivity index (χ0n) is 17.4. The van der Waals surface area contributed by atoms with Crippen LogP contribution in [-0.2, 0) is 9.59 Å². The summed E-state index contributed by atoms with van der Waals surface area (Å²) in [7, 11) is 0. The molecule has 0 aromatic rings. The minimum atomic E-state index is -0.222. The van der Waals surface area contributed by atoms with Gasteiger partial charge in [0.05, 0.1) is 0 Å². The minimum absolute atomic E-state index is 0. The van der Waals surface area contributed by atoms with E-state index in [1.807, 2.05) is 20.8 Å². The molecule has 0 aliphatic rings. The lowest BCUT2D eigenvalue weighted by atomic mass is 9.83. The first-order valence-corrected chi connectivity index (χ1v) is 10.2. The number of carbonyl (C=O) groups excluding carboxylic acids is 2. The van der Waals surface area contributed by atoms with Crippen LogP contribution in [0.5, 0.6) is 0 Å². The molecule has 0 heterocycles. The van der Waals surface area contributed by atoms with E-state index >= 15 is 0 Å². The highest BCUT2D eigenvalue weighted by Gasteiger charge is 2.24. The fourth-order valence-electron chi connectivity index (χ4n) is 2.70. The van der Waals surface area contributed by atoms with Crippen LogP contribution in [0.1, 0.15) is 111 Å². The standard InChI is InChI=1S/C21H41NO2.H3N/c1-5-7-8-9-10-11-12-13-14-17-20(24)22-18-15-16-19(23)21(3,4)6-2;/h5-18H2,1-4H3,(H,22,24);1H3. The van der Waals surface area contributed by atoms with E-state index in [4.69, 9.17) is 0 Å². The van der Waals surface area contributed by atoms with Crippen molar-refractivity contribution in [2.45, 2.75) is 111 Å². The van der Waals surface area contributed by atoms with Crippen LogP contribution in [0.15, 0.2) is 0 Å². The Bertz CT molecular complexity index is 341. The molecule has 0 aliphatic carbocycles. The van der Waals surface area contributed by atoms with Gasteiger partial charge in [0.25, 0.3) is 0 Å². The molecular weight excluding hydrogens is 312 g/mol. The van der Waals surface area contributed by atoms with Crippen molar-refractivity contribution in [3.63, 3.8) is 0 Å². The lowest BCUT2D eigenvalue weighted by Crippen LogP contribution is -2.27. The van der Waals surface area contributed by atoms with Crippen LogP contribution in [-0.4, -0.2) is 18.2 Å². The number of nitrogens with one attached hydrogen (secondary N) is 1. The summed E-state index contributed by atoms with van der Waals surface area (Å²) in [6.07, 6.45) is 14.3. The molecule has 0 saturated carbocycles. The van der Waals surface area contributed by atoms with E-state index in [0.717, 1.165) is 25.7 Å². The Hall–Kier alpha value is -0.900. The van der Waals surface area contributed by atoms with Crippen LogP contribution in [0.25, 0.3) is 0 Å². The van der Waals surface area contributed by atoms with Crippen molar-refractivity contribution < 1.29 is 9.59 Å². The van der Waals surface area contributed by atoms with E-state index in [2.05, 4.69) is 12.2 Å². The molecule has 0 rings (SSSR count). The van der Waals surface area contributed by atoms with E-state index in [-0.39, 0.29) is 17.5 Å². The molecule has 0 radical (unpaired) electrons. The SMILES string of the molecule is CCCCCCCCCCCC(=O)NCCCC(=O)C(C)(C)CC.N. The van der Waals surface area contributed by atoms with Gasteiger partial charge in [0.2, 0.25) is 5.91 Å². The van der Waals surface area contributed by atoms with Gasteiger partial charge in [0, 0.05) is 24.8 Å². The first-order valence-electron chi connectivity index (χ1n) is 10.2. The lowest BCUT2D eigenvalue weighted by molar-refractivity contribution is -0.127. The van der Waals surface area contributed by atoms with Crippen molar-refractivity contribution >= 4 is 11.7 Å². The Labute approximate surface area is 156 Å². The average Bonchev–Trinajstić information content (AvgIpc) is 2.56. The van der Waals surface area contributed by atoms with Gasteiger partial charge in [-0.3, -0.25) is 9.59 Å². The first-order chi connectivity index (χ1) is 11.4. The third-order valence-electron chi connectivity index (χ3n) is 5.05. The van der Waals surface area contributed by atoms with Gasteiger partial charge in [0.15, 0.2) is 0 Å². The van der Waals surface area contributed by atoms with Gasteiger partial charge < -0.3 is 11.5 Å². The molecule has 0 aliphatic heterocycles.